The molecule has 0 bridgehead atoms. The molecule has 1 aliphatic heterocycles. The van der Waals surface area contributed by atoms with Gasteiger partial charge >= 0.3 is 0 Å². The number of hydrogen-bond donors (Lipinski definition) is 1. The summed E-state index contributed by atoms with van der Waals surface area (Å²) in [6.07, 6.45) is 1.39. The fraction of sp³-hybridized carbons (Fsp3) is 0.308. The standard InChI is InChI=1S/C13H16N4O3S/c1-16-9-15-12(14)13(16)21(18,19)17-6-7-20-11-5-3-2-4-10(11)8-17/h2-5,9H,6-8,14H2,1H3. The molecule has 0 unspecified atom stereocenters. The summed E-state index contributed by atoms with van der Waals surface area (Å²) in [5.74, 6) is 0.726. The average Bonchev–Trinajstić information content (AvgIpc) is 2.68. The van der Waals surface area contributed by atoms with Crippen molar-refractivity contribution in [3.05, 3.63) is 36.2 Å². The molecular weight excluding hydrogens is 292 g/mol. The Morgan fingerprint density at radius 2 is 2.10 bits per heavy atom. The van der Waals surface area contributed by atoms with Crippen molar-refractivity contribution >= 4 is 15.8 Å². The third-order valence-corrected chi connectivity index (χ3v) is 5.39. The minimum Gasteiger partial charge on any atom is -0.492 e. The van der Waals surface area contributed by atoms with E-state index in [2.05, 4.69) is 4.98 Å². The van der Waals surface area contributed by atoms with Gasteiger partial charge in [0.2, 0.25) is 0 Å². The first-order valence-corrected chi connectivity index (χ1v) is 7.92. The zero-order chi connectivity index (χ0) is 15.0. The molecule has 0 amide bonds. The summed E-state index contributed by atoms with van der Waals surface area (Å²) >= 11 is 0. The molecule has 0 saturated carbocycles. The van der Waals surface area contributed by atoms with E-state index < -0.39 is 10.0 Å². The van der Waals surface area contributed by atoms with E-state index in [1.54, 1.807) is 7.05 Å². The number of para-hydroxylation sites is 1. The Balaban J connectivity index is 2.01. The summed E-state index contributed by atoms with van der Waals surface area (Å²) in [5, 5.41) is 0.0156. The largest absolute Gasteiger partial charge is 0.492 e. The number of aryl methyl sites for hydroxylation is 1. The molecule has 2 N–H and O–H groups in total. The van der Waals surface area contributed by atoms with Gasteiger partial charge in [-0.25, -0.2) is 13.4 Å². The Morgan fingerprint density at radius 3 is 2.81 bits per heavy atom. The molecule has 2 heterocycles. The highest BCUT2D eigenvalue weighted by Gasteiger charge is 2.31. The number of nitrogens with two attached hydrogens (primary N) is 1. The SMILES string of the molecule is Cn1cnc(N)c1S(=O)(=O)N1CCOc2ccccc2C1. The number of rotatable bonds is 2. The van der Waals surface area contributed by atoms with E-state index in [-0.39, 0.29) is 23.9 Å². The molecule has 2 aromatic rings. The van der Waals surface area contributed by atoms with Crippen molar-refractivity contribution < 1.29 is 13.2 Å². The smallest absolute Gasteiger partial charge is 0.262 e. The van der Waals surface area contributed by atoms with Crippen LogP contribution in [0.25, 0.3) is 0 Å². The third-order valence-electron chi connectivity index (χ3n) is 3.41. The predicted molar refractivity (Wildman–Crippen MR) is 77.2 cm³/mol. The summed E-state index contributed by atoms with van der Waals surface area (Å²) in [6, 6.07) is 7.42. The Bertz CT molecular complexity index is 750. The molecule has 3 rings (SSSR count). The number of aromatic nitrogens is 2. The highest BCUT2D eigenvalue weighted by molar-refractivity contribution is 7.89. The number of sulfonamides is 1. The van der Waals surface area contributed by atoms with Crippen LogP contribution in [0.15, 0.2) is 35.6 Å². The molecule has 7 nitrogen and oxygen atoms in total. The van der Waals surface area contributed by atoms with E-state index in [9.17, 15) is 8.42 Å². The molecule has 21 heavy (non-hydrogen) atoms. The lowest BCUT2D eigenvalue weighted by molar-refractivity contribution is 0.292. The van der Waals surface area contributed by atoms with Crippen LogP contribution in [0.3, 0.4) is 0 Å². The molecule has 8 heteroatoms. The van der Waals surface area contributed by atoms with Crippen molar-refractivity contribution in [3.8, 4) is 5.75 Å². The molecule has 0 spiro atoms. The molecule has 1 aromatic heterocycles. The molecule has 0 radical (unpaired) electrons. The van der Waals surface area contributed by atoms with Crippen molar-refractivity contribution in [2.75, 3.05) is 18.9 Å². The van der Waals surface area contributed by atoms with Gasteiger partial charge in [-0.15, -0.1) is 0 Å². The fourth-order valence-corrected chi connectivity index (χ4v) is 3.98. The number of ether oxygens (including phenoxy) is 1. The third kappa shape index (κ3) is 2.36. The van der Waals surface area contributed by atoms with Gasteiger partial charge in [0, 0.05) is 25.7 Å². The molecule has 1 aliphatic rings. The van der Waals surface area contributed by atoms with Crippen LogP contribution in [-0.2, 0) is 23.6 Å². The van der Waals surface area contributed by atoms with Crippen LogP contribution in [0.1, 0.15) is 5.56 Å². The number of hydrogen-bond acceptors (Lipinski definition) is 5. The number of benzene rings is 1. The van der Waals surface area contributed by atoms with Crippen molar-refractivity contribution in [1.29, 1.82) is 0 Å². The first-order chi connectivity index (χ1) is 10.00. The number of nitrogens with zero attached hydrogens (tertiary/aromatic N) is 3. The lowest BCUT2D eigenvalue weighted by Gasteiger charge is -2.19. The van der Waals surface area contributed by atoms with Crippen LogP contribution in [0.4, 0.5) is 5.82 Å². The predicted octanol–water partition coefficient (Wildman–Crippen LogP) is 0.586. The fourth-order valence-electron chi connectivity index (χ4n) is 2.38. The van der Waals surface area contributed by atoms with Gasteiger partial charge in [-0.05, 0) is 6.07 Å². The number of imidazole rings is 1. The molecule has 0 fully saturated rings. The summed E-state index contributed by atoms with van der Waals surface area (Å²) in [7, 11) is -2.11. The van der Waals surface area contributed by atoms with Gasteiger partial charge in [0.15, 0.2) is 10.8 Å². The Kier molecular flexibility index (Phi) is 3.34. The highest BCUT2D eigenvalue weighted by atomic mass is 32.2. The normalized spacial score (nSPS) is 16.0. The van der Waals surface area contributed by atoms with E-state index in [0.29, 0.717) is 12.4 Å². The zero-order valence-corrected chi connectivity index (χ0v) is 12.4. The van der Waals surface area contributed by atoms with Gasteiger partial charge in [-0.1, -0.05) is 18.2 Å². The van der Waals surface area contributed by atoms with E-state index in [1.165, 1.54) is 15.2 Å². The van der Waals surface area contributed by atoms with Gasteiger partial charge in [0.1, 0.15) is 12.4 Å². The van der Waals surface area contributed by atoms with E-state index in [4.69, 9.17) is 10.5 Å². The quantitative estimate of drug-likeness (QED) is 0.876. The van der Waals surface area contributed by atoms with Crippen LogP contribution in [0.5, 0.6) is 5.75 Å². The van der Waals surface area contributed by atoms with Gasteiger partial charge in [0.05, 0.1) is 6.33 Å². The lowest BCUT2D eigenvalue weighted by Crippen LogP contribution is -2.34. The Labute approximate surface area is 123 Å². The van der Waals surface area contributed by atoms with Gasteiger partial charge in [0.25, 0.3) is 10.0 Å². The summed E-state index contributed by atoms with van der Waals surface area (Å²) < 4.78 is 33.9. The van der Waals surface area contributed by atoms with E-state index in [0.717, 1.165) is 5.56 Å². The van der Waals surface area contributed by atoms with Crippen molar-refractivity contribution in [2.24, 2.45) is 7.05 Å². The van der Waals surface area contributed by atoms with Crippen molar-refractivity contribution in [2.45, 2.75) is 11.6 Å². The second-order valence-electron chi connectivity index (χ2n) is 4.84. The van der Waals surface area contributed by atoms with Crippen molar-refractivity contribution in [1.82, 2.24) is 13.9 Å². The zero-order valence-electron chi connectivity index (χ0n) is 11.6. The first-order valence-electron chi connectivity index (χ1n) is 6.48. The molecule has 0 saturated heterocycles. The Hall–Kier alpha value is -2.06. The second kappa shape index (κ2) is 5.05. The Morgan fingerprint density at radius 1 is 1.33 bits per heavy atom. The van der Waals surface area contributed by atoms with Crippen LogP contribution in [-0.4, -0.2) is 35.4 Å². The van der Waals surface area contributed by atoms with Gasteiger partial charge < -0.3 is 15.0 Å². The molecule has 1 aromatic carbocycles. The molecule has 0 aliphatic carbocycles. The lowest BCUT2D eigenvalue weighted by atomic mass is 10.2. The maximum atomic E-state index is 12.8. The molecule has 0 atom stereocenters. The molecular formula is C13H16N4O3S. The summed E-state index contributed by atoms with van der Waals surface area (Å²) in [5.41, 5.74) is 6.53. The minimum absolute atomic E-state index is 0.0101. The number of nitrogen functional groups attached to an aromatic ring is 1. The van der Waals surface area contributed by atoms with Crippen LogP contribution in [0, 0.1) is 0 Å². The number of anilines is 1. The van der Waals surface area contributed by atoms with Crippen LogP contribution >= 0.6 is 0 Å². The van der Waals surface area contributed by atoms with Gasteiger partial charge in [-0.3, -0.25) is 0 Å². The topological polar surface area (TPSA) is 90.5 Å². The monoisotopic (exact) mass is 308 g/mol. The van der Waals surface area contributed by atoms with E-state index >= 15 is 0 Å². The van der Waals surface area contributed by atoms with E-state index in [1.807, 2.05) is 24.3 Å². The average molecular weight is 308 g/mol. The summed E-state index contributed by atoms with van der Waals surface area (Å²) in [6.45, 7) is 0.818. The van der Waals surface area contributed by atoms with Crippen molar-refractivity contribution in [3.63, 3.8) is 0 Å². The highest BCUT2D eigenvalue weighted by Crippen LogP contribution is 2.27. The van der Waals surface area contributed by atoms with Gasteiger partial charge in [-0.2, -0.15) is 4.31 Å². The molecule has 112 valence electrons. The maximum Gasteiger partial charge on any atom is 0.262 e. The maximum absolute atomic E-state index is 12.8. The van der Waals surface area contributed by atoms with Crippen LogP contribution in [0.2, 0.25) is 0 Å². The minimum atomic E-state index is -3.72. The van der Waals surface area contributed by atoms with Crippen LogP contribution < -0.4 is 10.5 Å². The first kappa shape index (κ1) is 13.9. The number of fused-ring (bicyclic) bond motifs is 1. The summed E-state index contributed by atoms with van der Waals surface area (Å²) in [4.78, 5) is 3.85. The second-order valence-corrected chi connectivity index (χ2v) is 6.69.